The van der Waals surface area contributed by atoms with Gasteiger partial charge in [0.25, 0.3) is 5.91 Å². The van der Waals surface area contributed by atoms with E-state index < -0.39 is 0 Å². The minimum absolute atomic E-state index is 0.0911. The molecule has 0 radical (unpaired) electrons. The number of hydrogen-bond acceptors (Lipinski definition) is 7. The molecule has 1 amide bonds. The highest BCUT2D eigenvalue weighted by Gasteiger charge is 2.05. The second-order valence-corrected chi connectivity index (χ2v) is 6.61. The van der Waals surface area contributed by atoms with Crippen LogP contribution in [0.1, 0.15) is 13.8 Å². The molecule has 0 saturated heterocycles. The third-order valence-corrected chi connectivity index (χ3v) is 4.26. The van der Waals surface area contributed by atoms with Crippen LogP contribution in [-0.2, 0) is 4.79 Å². The van der Waals surface area contributed by atoms with Crippen LogP contribution >= 0.6 is 0 Å². The standard InChI is InChI=1S/C24H27N3O5/c1-3-29-19-10-8-18(9-11-19)22-12-13-24(27-26-22)31-15-14-25-23(28)17-32-21-7-5-6-20(16-21)30-4-2/h5-13,16H,3-4,14-15,17H2,1-2H3,(H,25,28). The largest absolute Gasteiger partial charge is 0.494 e. The van der Waals surface area contributed by atoms with Gasteiger partial charge in [0.15, 0.2) is 6.61 Å². The number of carbonyl (C=O) groups is 1. The Labute approximate surface area is 187 Å². The lowest BCUT2D eigenvalue weighted by atomic mass is 10.1. The normalized spacial score (nSPS) is 10.3. The SMILES string of the molecule is CCOc1ccc(-c2ccc(OCCNC(=O)COc3cccc(OCC)c3)nn2)cc1. The number of carbonyl (C=O) groups excluding carboxylic acids is 1. The summed E-state index contributed by atoms with van der Waals surface area (Å²) in [7, 11) is 0. The molecule has 1 aromatic heterocycles. The van der Waals surface area contributed by atoms with E-state index in [1.165, 1.54) is 0 Å². The molecular formula is C24H27N3O5. The van der Waals surface area contributed by atoms with Crippen LogP contribution in [0, 0.1) is 0 Å². The maximum atomic E-state index is 11.9. The highest BCUT2D eigenvalue weighted by atomic mass is 16.5. The van der Waals surface area contributed by atoms with E-state index in [0.29, 0.717) is 37.1 Å². The van der Waals surface area contributed by atoms with E-state index in [0.717, 1.165) is 17.0 Å². The minimum atomic E-state index is -0.243. The topological polar surface area (TPSA) is 91.8 Å². The van der Waals surface area contributed by atoms with Gasteiger partial charge in [0, 0.05) is 17.7 Å². The molecule has 0 spiro atoms. The van der Waals surface area contributed by atoms with Crippen molar-refractivity contribution in [3.63, 3.8) is 0 Å². The first-order valence-electron chi connectivity index (χ1n) is 10.5. The van der Waals surface area contributed by atoms with Crippen molar-refractivity contribution in [2.24, 2.45) is 0 Å². The molecule has 0 bridgehead atoms. The third kappa shape index (κ3) is 7.16. The molecule has 0 saturated carbocycles. The van der Waals surface area contributed by atoms with Crippen LogP contribution in [-0.4, -0.2) is 49.1 Å². The molecule has 0 atom stereocenters. The average Bonchev–Trinajstić information content (AvgIpc) is 2.82. The summed E-state index contributed by atoms with van der Waals surface area (Å²) in [5.41, 5.74) is 1.67. The van der Waals surface area contributed by atoms with Gasteiger partial charge in [-0.3, -0.25) is 4.79 Å². The van der Waals surface area contributed by atoms with Crippen LogP contribution in [0.5, 0.6) is 23.1 Å². The van der Waals surface area contributed by atoms with Crippen molar-refractivity contribution < 1.29 is 23.7 Å². The first-order valence-corrected chi connectivity index (χ1v) is 10.5. The summed E-state index contributed by atoms with van der Waals surface area (Å²) in [6.07, 6.45) is 0. The number of benzene rings is 2. The highest BCUT2D eigenvalue weighted by molar-refractivity contribution is 5.77. The van der Waals surface area contributed by atoms with Gasteiger partial charge >= 0.3 is 0 Å². The van der Waals surface area contributed by atoms with E-state index in [2.05, 4.69) is 15.5 Å². The number of amides is 1. The van der Waals surface area contributed by atoms with Crippen molar-refractivity contribution in [3.05, 3.63) is 60.7 Å². The Morgan fingerprint density at radius 3 is 2.22 bits per heavy atom. The number of rotatable bonds is 12. The number of hydrogen-bond donors (Lipinski definition) is 1. The van der Waals surface area contributed by atoms with E-state index in [4.69, 9.17) is 18.9 Å². The molecule has 0 aliphatic carbocycles. The van der Waals surface area contributed by atoms with Gasteiger partial charge in [0.2, 0.25) is 5.88 Å². The fraction of sp³-hybridized carbons (Fsp3) is 0.292. The summed E-state index contributed by atoms with van der Waals surface area (Å²) < 4.78 is 21.9. The van der Waals surface area contributed by atoms with Gasteiger partial charge in [-0.25, -0.2) is 0 Å². The Hall–Kier alpha value is -3.81. The van der Waals surface area contributed by atoms with Crippen molar-refractivity contribution >= 4 is 5.91 Å². The van der Waals surface area contributed by atoms with Crippen LogP contribution in [0.3, 0.4) is 0 Å². The van der Waals surface area contributed by atoms with E-state index in [1.54, 1.807) is 18.2 Å². The van der Waals surface area contributed by atoms with Gasteiger partial charge in [-0.15, -0.1) is 10.2 Å². The van der Waals surface area contributed by atoms with Gasteiger partial charge in [0.1, 0.15) is 23.9 Å². The maximum absolute atomic E-state index is 11.9. The maximum Gasteiger partial charge on any atom is 0.258 e. The zero-order valence-corrected chi connectivity index (χ0v) is 18.2. The molecule has 32 heavy (non-hydrogen) atoms. The Kier molecular flexibility index (Phi) is 8.68. The van der Waals surface area contributed by atoms with Crippen molar-refractivity contribution in [1.82, 2.24) is 15.5 Å². The van der Waals surface area contributed by atoms with Crippen LogP contribution in [0.4, 0.5) is 0 Å². The molecule has 3 aromatic rings. The zero-order valence-electron chi connectivity index (χ0n) is 18.2. The Morgan fingerprint density at radius 2 is 1.53 bits per heavy atom. The smallest absolute Gasteiger partial charge is 0.258 e. The third-order valence-electron chi connectivity index (χ3n) is 4.26. The molecule has 0 aliphatic heterocycles. The minimum Gasteiger partial charge on any atom is -0.494 e. The monoisotopic (exact) mass is 437 g/mol. The number of nitrogens with zero attached hydrogens (tertiary/aromatic N) is 2. The summed E-state index contributed by atoms with van der Waals surface area (Å²) in [6.45, 7) is 5.55. The van der Waals surface area contributed by atoms with E-state index in [-0.39, 0.29) is 19.1 Å². The molecular weight excluding hydrogens is 410 g/mol. The van der Waals surface area contributed by atoms with Crippen LogP contribution in [0.15, 0.2) is 60.7 Å². The molecule has 1 N–H and O–H groups in total. The van der Waals surface area contributed by atoms with Gasteiger partial charge in [-0.1, -0.05) is 6.07 Å². The van der Waals surface area contributed by atoms with Crippen molar-refractivity contribution in [3.8, 4) is 34.4 Å². The fourth-order valence-corrected chi connectivity index (χ4v) is 2.81. The Bertz CT molecular complexity index is 978. The lowest BCUT2D eigenvalue weighted by molar-refractivity contribution is -0.123. The van der Waals surface area contributed by atoms with Crippen molar-refractivity contribution in [2.75, 3.05) is 33.0 Å². The average molecular weight is 437 g/mol. The highest BCUT2D eigenvalue weighted by Crippen LogP contribution is 2.21. The van der Waals surface area contributed by atoms with Crippen LogP contribution < -0.4 is 24.3 Å². The fourth-order valence-electron chi connectivity index (χ4n) is 2.81. The number of nitrogens with one attached hydrogen (secondary N) is 1. The van der Waals surface area contributed by atoms with Crippen molar-refractivity contribution in [1.29, 1.82) is 0 Å². The van der Waals surface area contributed by atoms with Crippen molar-refractivity contribution in [2.45, 2.75) is 13.8 Å². The lowest BCUT2D eigenvalue weighted by Crippen LogP contribution is -2.32. The molecule has 2 aromatic carbocycles. The summed E-state index contributed by atoms with van der Waals surface area (Å²) in [5.74, 6) is 2.24. The van der Waals surface area contributed by atoms with Crippen LogP contribution in [0.2, 0.25) is 0 Å². The summed E-state index contributed by atoms with van der Waals surface area (Å²) >= 11 is 0. The van der Waals surface area contributed by atoms with Gasteiger partial charge in [-0.2, -0.15) is 0 Å². The second-order valence-electron chi connectivity index (χ2n) is 6.61. The second kappa shape index (κ2) is 12.1. The Morgan fingerprint density at radius 1 is 0.812 bits per heavy atom. The zero-order chi connectivity index (χ0) is 22.6. The first kappa shape index (κ1) is 22.9. The molecule has 168 valence electrons. The lowest BCUT2D eigenvalue weighted by Gasteiger charge is -2.10. The van der Waals surface area contributed by atoms with Crippen LogP contribution in [0.25, 0.3) is 11.3 Å². The number of ether oxygens (including phenoxy) is 4. The molecule has 1 heterocycles. The predicted octanol–water partition coefficient (Wildman–Crippen LogP) is 3.52. The molecule has 8 heteroatoms. The van der Waals surface area contributed by atoms with E-state index >= 15 is 0 Å². The molecule has 8 nitrogen and oxygen atoms in total. The van der Waals surface area contributed by atoms with E-state index in [1.807, 2.05) is 56.3 Å². The van der Waals surface area contributed by atoms with E-state index in [9.17, 15) is 4.79 Å². The number of aromatic nitrogens is 2. The molecule has 0 unspecified atom stereocenters. The Balaban J connectivity index is 1.37. The molecule has 0 fully saturated rings. The quantitative estimate of drug-likeness (QED) is 0.434. The first-order chi connectivity index (χ1) is 15.7. The predicted molar refractivity (Wildman–Crippen MR) is 120 cm³/mol. The van der Waals surface area contributed by atoms with Gasteiger partial charge < -0.3 is 24.3 Å². The molecule has 0 aliphatic rings. The molecule has 3 rings (SSSR count). The van der Waals surface area contributed by atoms with Gasteiger partial charge in [-0.05, 0) is 56.3 Å². The summed E-state index contributed by atoms with van der Waals surface area (Å²) in [6, 6.07) is 18.4. The summed E-state index contributed by atoms with van der Waals surface area (Å²) in [4.78, 5) is 11.9. The summed E-state index contributed by atoms with van der Waals surface area (Å²) in [5, 5.41) is 11.0. The van der Waals surface area contributed by atoms with Gasteiger partial charge in [0.05, 0.1) is 25.5 Å².